The molecule has 7 nitrogen and oxygen atoms in total. The second-order valence-corrected chi connectivity index (χ2v) is 2.56. The molecule has 0 fully saturated rings. The molecular formula is C3H5CaNaO7S2. The van der Waals surface area contributed by atoms with E-state index in [2.05, 4.69) is 3.63 Å². The maximum Gasteiger partial charge on any atom is 2.00 e. The third-order valence-corrected chi connectivity index (χ3v) is 1.29. The van der Waals surface area contributed by atoms with Crippen LogP contribution in [0.1, 0.15) is 13.3 Å². The fraction of sp³-hybridized carbons (Fsp3) is 0.667. The minimum Gasteiger partial charge on any atom is -0.749 e. The number of carboxylic acid groups (broad SMARTS) is 1. The van der Waals surface area contributed by atoms with Crippen LogP contribution in [-0.4, -0.2) is 61.2 Å². The average molecular weight is 280 g/mol. The van der Waals surface area contributed by atoms with E-state index in [0.29, 0.717) is 0 Å². The molecule has 0 unspecified atom stereocenters. The van der Waals surface area contributed by atoms with Crippen LogP contribution in [0.25, 0.3) is 0 Å². The summed E-state index contributed by atoms with van der Waals surface area (Å²) in [4.78, 5) is 9.26. The Bertz CT molecular complexity index is 176. The van der Waals surface area contributed by atoms with Crippen LogP contribution >= 0.6 is 0 Å². The summed E-state index contributed by atoms with van der Waals surface area (Å²) in [6.45, 7) is 1.54. The maximum absolute atomic E-state index is 9.26. The largest absolute Gasteiger partial charge is 2.00 e. The Morgan fingerprint density at radius 2 is 1.50 bits per heavy atom. The standard InChI is InChI=1S/C3H6O2.Ca.Na.H2O5S2/c1-2-3(4)5;;;1-6(2)5-7(3)4/h2H2,1H3,(H,4,5);;;(H,1,2)(H,3,4)/q;+2;+1;/p-3. The van der Waals surface area contributed by atoms with Gasteiger partial charge in [-0.2, -0.15) is 0 Å². The topological polar surface area (TPSA) is 130 Å². The summed E-state index contributed by atoms with van der Waals surface area (Å²) in [6.07, 6.45) is 0.111. The van der Waals surface area contributed by atoms with Gasteiger partial charge in [0.25, 0.3) is 0 Å². The van der Waals surface area contributed by atoms with Crippen molar-refractivity contribution in [2.24, 2.45) is 0 Å². The molecule has 0 aliphatic carbocycles. The normalized spacial score (nSPS) is 11.9. The van der Waals surface area contributed by atoms with Crippen molar-refractivity contribution in [3.8, 4) is 0 Å². The molecule has 0 radical (unpaired) electrons. The Morgan fingerprint density at radius 3 is 1.50 bits per heavy atom. The van der Waals surface area contributed by atoms with Gasteiger partial charge >= 0.3 is 67.3 Å². The first-order chi connectivity index (χ1) is 5.40. The molecule has 0 atom stereocenters. The number of carbonyl (C=O) groups is 1. The van der Waals surface area contributed by atoms with Gasteiger partial charge in [-0.25, -0.2) is 12.0 Å². The molecule has 0 spiro atoms. The number of hydrogen-bond acceptors (Lipinski definition) is 7. The van der Waals surface area contributed by atoms with Gasteiger partial charge in [0.2, 0.25) is 0 Å². The van der Waals surface area contributed by atoms with E-state index in [1.807, 2.05) is 0 Å². The van der Waals surface area contributed by atoms with Gasteiger partial charge < -0.3 is 19.0 Å². The van der Waals surface area contributed by atoms with Crippen molar-refractivity contribution in [1.29, 1.82) is 0 Å². The van der Waals surface area contributed by atoms with E-state index in [1.54, 1.807) is 0 Å². The van der Waals surface area contributed by atoms with Crippen molar-refractivity contribution in [2.45, 2.75) is 13.3 Å². The summed E-state index contributed by atoms with van der Waals surface area (Å²) in [5, 5.41) is 9.26. The summed E-state index contributed by atoms with van der Waals surface area (Å²) >= 11 is -5.92. The molecule has 0 N–H and O–H groups in total. The van der Waals surface area contributed by atoms with Crippen LogP contribution in [-0.2, 0) is 31.1 Å². The van der Waals surface area contributed by atoms with Gasteiger partial charge in [-0.3, -0.25) is 0 Å². The summed E-state index contributed by atoms with van der Waals surface area (Å²) in [5.74, 6) is -0.995. The van der Waals surface area contributed by atoms with E-state index in [4.69, 9.17) is 0 Å². The zero-order chi connectivity index (χ0) is 10.1. The Labute approximate surface area is 138 Å². The van der Waals surface area contributed by atoms with E-state index in [9.17, 15) is 27.4 Å². The van der Waals surface area contributed by atoms with Crippen LogP contribution in [0.15, 0.2) is 0 Å². The first-order valence-corrected chi connectivity index (χ1v) is 4.47. The fourth-order valence-corrected chi connectivity index (χ4v) is 0.408. The second-order valence-electron chi connectivity index (χ2n) is 1.20. The van der Waals surface area contributed by atoms with Gasteiger partial charge in [0.1, 0.15) is 0 Å². The molecule has 11 heteroatoms. The smallest absolute Gasteiger partial charge is 0.749 e. The average Bonchev–Trinajstić information content (AvgIpc) is 1.85. The predicted octanol–water partition coefficient (Wildman–Crippen LogP) is -5.64. The van der Waals surface area contributed by atoms with E-state index in [0.717, 1.165) is 0 Å². The molecule has 0 aromatic heterocycles. The van der Waals surface area contributed by atoms with Crippen LogP contribution < -0.4 is 34.7 Å². The number of carboxylic acids is 1. The van der Waals surface area contributed by atoms with Crippen LogP contribution in [0.4, 0.5) is 0 Å². The molecule has 0 saturated carbocycles. The van der Waals surface area contributed by atoms with Crippen LogP contribution in [0.5, 0.6) is 0 Å². The van der Waals surface area contributed by atoms with Crippen molar-refractivity contribution >= 4 is 66.4 Å². The van der Waals surface area contributed by atoms with Gasteiger partial charge in [-0.1, -0.05) is 6.92 Å². The Kier molecular flexibility index (Phi) is 30.8. The predicted molar refractivity (Wildman–Crippen MR) is 40.0 cm³/mol. The Balaban J connectivity index is -0.0000000651. The Morgan fingerprint density at radius 1 is 1.29 bits per heavy atom. The number of hydrogen-bond donors (Lipinski definition) is 0. The third-order valence-electron chi connectivity index (χ3n) is 0.400. The van der Waals surface area contributed by atoms with E-state index in [-0.39, 0.29) is 73.7 Å². The number of carbonyl (C=O) groups excluding carboxylic acids is 1. The monoisotopic (exact) mass is 280 g/mol. The third kappa shape index (κ3) is 37.1. The zero-order valence-electron chi connectivity index (χ0n) is 7.59. The molecule has 0 saturated heterocycles. The first-order valence-electron chi connectivity index (χ1n) is 2.47. The molecule has 0 aromatic carbocycles. The fourth-order valence-electron chi connectivity index (χ4n) is 0.0454. The van der Waals surface area contributed by atoms with E-state index >= 15 is 0 Å². The summed E-state index contributed by atoms with van der Waals surface area (Å²) < 4.78 is 39.9. The summed E-state index contributed by atoms with van der Waals surface area (Å²) in [7, 11) is 0. The van der Waals surface area contributed by atoms with Gasteiger partial charge in [0, 0.05) is 5.97 Å². The Hall–Kier alpha value is 1.91. The van der Waals surface area contributed by atoms with Gasteiger partial charge in [-0.15, -0.1) is 0 Å². The molecule has 0 aromatic rings. The van der Waals surface area contributed by atoms with Crippen LogP contribution in [0.3, 0.4) is 0 Å². The van der Waals surface area contributed by atoms with Crippen molar-refractivity contribution in [3.05, 3.63) is 0 Å². The molecule has 0 amide bonds. The van der Waals surface area contributed by atoms with Crippen LogP contribution in [0, 0.1) is 0 Å². The maximum atomic E-state index is 9.26. The van der Waals surface area contributed by atoms with Crippen molar-refractivity contribution in [3.63, 3.8) is 0 Å². The molecule has 0 aliphatic rings. The number of aliphatic carboxylic acids is 1. The van der Waals surface area contributed by atoms with Crippen molar-refractivity contribution in [2.75, 3.05) is 0 Å². The van der Waals surface area contributed by atoms with Gasteiger partial charge in [-0.05, 0) is 6.42 Å². The van der Waals surface area contributed by atoms with Gasteiger partial charge in [0.15, 0.2) is 0 Å². The minimum absolute atomic E-state index is 0. The minimum atomic E-state index is -2.96. The summed E-state index contributed by atoms with van der Waals surface area (Å²) in [5.41, 5.74) is 0. The van der Waals surface area contributed by atoms with E-state index < -0.39 is 28.7 Å². The van der Waals surface area contributed by atoms with Gasteiger partial charge in [0.05, 0.1) is 22.7 Å². The second kappa shape index (κ2) is 17.3. The first kappa shape index (κ1) is 24.9. The summed E-state index contributed by atoms with van der Waals surface area (Å²) in [6, 6.07) is 0. The number of rotatable bonds is 3. The van der Waals surface area contributed by atoms with E-state index in [1.165, 1.54) is 6.92 Å². The molecule has 14 heavy (non-hydrogen) atoms. The van der Waals surface area contributed by atoms with Crippen molar-refractivity contribution in [1.82, 2.24) is 0 Å². The van der Waals surface area contributed by atoms with Crippen LogP contribution in [0.2, 0.25) is 0 Å². The molecular weight excluding hydrogens is 275 g/mol. The molecule has 0 aliphatic heterocycles. The zero-order valence-corrected chi connectivity index (χ0v) is 13.4. The SMILES string of the molecule is CCC(=O)[O-].O=S([O-])OS(=O)[O-].[Ca+2].[Na+]. The molecule has 0 heterocycles. The van der Waals surface area contributed by atoms with Crippen molar-refractivity contribution < 1.29 is 60.6 Å². The molecule has 74 valence electrons. The quantitative estimate of drug-likeness (QED) is 0.372. The molecule has 0 rings (SSSR count). The molecule has 0 bridgehead atoms.